The van der Waals surface area contributed by atoms with Gasteiger partial charge in [-0.2, -0.15) is 5.10 Å². The molecule has 1 heterocycles. The number of aryl methyl sites for hydroxylation is 1. The van der Waals surface area contributed by atoms with Gasteiger partial charge in [0.2, 0.25) is 0 Å². The predicted molar refractivity (Wildman–Crippen MR) is 83.3 cm³/mol. The molecule has 1 aromatic heterocycles. The molecule has 0 atom stereocenters. The van der Waals surface area contributed by atoms with Crippen LogP contribution in [0.3, 0.4) is 0 Å². The van der Waals surface area contributed by atoms with Crippen LogP contribution in [0.1, 0.15) is 16.1 Å². The highest BCUT2D eigenvalue weighted by Crippen LogP contribution is 2.17. The molecule has 0 spiro atoms. The fraction of sp³-hybridized carbons (Fsp3) is 0.125. The standard InChI is InChI=1S/C16H14ClN3O/c1-20-15-5-3-2-4-13(15)14(19-20)10-18-16(21)11-6-8-12(17)9-7-11/h2-9H,10H2,1H3,(H,18,21). The van der Waals surface area contributed by atoms with Crippen LogP contribution in [0.2, 0.25) is 5.02 Å². The molecule has 0 aliphatic carbocycles. The van der Waals surface area contributed by atoms with Gasteiger partial charge in [0, 0.05) is 23.0 Å². The summed E-state index contributed by atoms with van der Waals surface area (Å²) in [5.74, 6) is -0.138. The van der Waals surface area contributed by atoms with E-state index in [-0.39, 0.29) is 5.91 Å². The van der Waals surface area contributed by atoms with Crippen molar-refractivity contribution in [2.75, 3.05) is 0 Å². The normalized spacial score (nSPS) is 10.8. The summed E-state index contributed by atoms with van der Waals surface area (Å²) in [5.41, 5.74) is 2.49. The Morgan fingerprint density at radius 2 is 1.90 bits per heavy atom. The van der Waals surface area contributed by atoms with Crippen LogP contribution in [0.4, 0.5) is 0 Å². The number of nitrogens with one attached hydrogen (secondary N) is 1. The monoisotopic (exact) mass is 299 g/mol. The van der Waals surface area contributed by atoms with Gasteiger partial charge in [-0.3, -0.25) is 9.48 Å². The molecule has 0 fully saturated rings. The summed E-state index contributed by atoms with van der Waals surface area (Å²) < 4.78 is 1.82. The van der Waals surface area contributed by atoms with Crippen molar-refractivity contribution in [1.82, 2.24) is 15.1 Å². The van der Waals surface area contributed by atoms with E-state index in [1.807, 2.05) is 36.0 Å². The topological polar surface area (TPSA) is 46.9 Å². The number of benzene rings is 2. The van der Waals surface area contributed by atoms with Crippen molar-refractivity contribution in [3.63, 3.8) is 0 Å². The van der Waals surface area contributed by atoms with Gasteiger partial charge < -0.3 is 5.32 Å². The van der Waals surface area contributed by atoms with Crippen LogP contribution in [0.15, 0.2) is 48.5 Å². The van der Waals surface area contributed by atoms with E-state index in [0.29, 0.717) is 17.1 Å². The fourth-order valence-electron chi connectivity index (χ4n) is 2.29. The zero-order valence-corrected chi connectivity index (χ0v) is 12.3. The van der Waals surface area contributed by atoms with Crippen LogP contribution in [0.25, 0.3) is 10.9 Å². The number of hydrogen-bond acceptors (Lipinski definition) is 2. The molecule has 0 aliphatic rings. The van der Waals surface area contributed by atoms with Crippen molar-refractivity contribution >= 4 is 28.4 Å². The van der Waals surface area contributed by atoms with Crippen LogP contribution in [0.5, 0.6) is 0 Å². The van der Waals surface area contributed by atoms with Crippen molar-refractivity contribution in [2.24, 2.45) is 7.05 Å². The van der Waals surface area contributed by atoms with Gasteiger partial charge in [-0.1, -0.05) is 29.8 Å². The first kappa shape index (κ1) is 13.6. The molecule has 0 saturated heterocycles. The molecule has 5 heteroatoms. The Morgan fingerprint density at radius 1 is 1.19 bits per heavy atom. The van der Waals surface area contributed by atoms with E-state index in [1.165, 1.54) is 0 Å². The number of nitrogens with zero attached hydrogens (tertiary/aromatic N) is 2. The lowest BCUT2D eigenvalue weighted by molar-refractivity contribution is 0.0950. The van der Waals surface area contributed by atoms with Gasteiger partial charge in [-0.15, -0.1) is 0 Å². The van der Waals surface area contributed by atoms with Crippen LogP contribution in [-0.2, 0) is 13.6 Å². The van der Waals surface area contributed by atoms with E-state index in [2.05, 4.69) is 10.4 Å². The Balaban J connectivity index is 1.77. The molecule has 21 heavy (non-hydrogen) atoms. The second-order valence-electron chi connectivity index (χ2n) is 4.78. The van der Waals surface area contributed by atoms with Crippen LogP contribution >= 0.6 is 11.6 Å². The number of hydrogen-bond donors (Lipinski definition) is 1. The number of aromatic nitrogens is 2. The van der Waals surface area contributed by atoms with Gasteiger partial charge >= 0.3 is 0 Å². The molecule has 0 saturated carbocycles. The maximum absolute atomic E-state index is 12.1. The molecular formula is C16H14ClN3O. The molecule has 0 unspecified atom stereocenters. The first-order chi connectivity index (χ1) is 10.1. The third-order valence-corrected chi connectivity index (χ3v) is 3.61. The van der Waals surface area contributed by atoms with Crippen molar-refractivity contribution < 1.29 is 4.79 Å². The summed E-state index contributed by atoms with van der Waals surface area (Å²) in [5, 5.41) is 9.00. The van der Waals surface area contributed by atoms with Gasteiger partial charge in [0.25, 0.3) is 5.91 Å². The second kappa shape index (κ2) is 5.58. The predicted octanol–water partition coefficient (Wildman–Crippen LogP) is 3.16. The minimum absolute atomic E-state index is 0.138. The summed E-state index contributed by atoms with van der Waals surface area (Å²) >= 11 is 5.81. The minimum Gasteiger partial charge on any atom is -0.346 e. The zero-order chi connectivity index (χ0) is 14.8. The highest BCUT2D eigenvalue weighted by Gasteiger charge is 2.10. The van der Waals surface area contributed by atoms with Gasteiger partial charge in [-0.25, -0.2) is 0 Å². The maximum Gasteiger partial charge on any atom is 0.251 e. The number of halogens is 1. The second-order valence-corrected chi connectivity index (χ2v) is 5.21. The zero-order valence-electron chi connectivity index (χ0n) is 11.5. The number of carbonyl (C=O) groups excluding carboxylic acids is 1. The number of para-hydroxylation sites is 1. The molecule has 0 bridgehead atoms. The molecule has 3 rings (SSSR count). The molecule has 0 aliphatic heterocycles. The van der Waals surface area contributed by atoms with Crippen molar-refractivity contribution in [3.05, 3.63) is 64.8 Å². The highest BCUT2D eigenvalue weighted by molar-refractivity contribution is 6.30. The van der Waals surface area contributed by atoms with E-state index in [4.69, 9.17) is 11.6 Å². The van der Waals surface area contributed by atoms with E-state index in [1.54, 1.807) is 24.3 Å². The van der Waals surface area contributed by atoms with Gasteiger partial charge in [0.1, 0.15) is 0 Å². The van der Waals surface area contributed by atoms with Crippen molar-refractivity contribution in [1.29, 1.82) is 0 Å². The third-order valence-electron chi connectivity index (χ3n) is 3.36. The van der Waals surface area contributed by atoms with Crippen LogP contribution < -0.4 is 5.32 Å². The summed E-state index contributed by atoms with van der Waals surface area (Å²) in [6.07, 6.45) is 0. The third kappa shape index (κ3) is 2.76. The molecule has 4 nitrogen and oxygen atoms in total. The maximum atomic E-state index is 12.1. The van der Waals surface area contributed by atoms with Crippen molar-refractivity contribution in [3.8, 4) is 0 Å². The molecule has 2 aromatic carbocycles. The van der Waals surface area contributed by atoms with E-state index < -0.39 is 0 Å². The van der Waals surface area contributed by atoms with Crippen LogP contribution in [0, 0.1) is 0 Å². The first-order valence-corrected chi connectivity index (χ1v) is 6.97. The van der Waals surface area contributed by atoms with E-state index in [0.717, 1.165) is 16.6 Å². The van der Waals surface area contributed by atoms with Crippen LogP contribution in [-0.4, -0.2) is 15.7 Å². The van der Waals surface area contributed by atoms with E-state index in [9.17, 15) is 4.79 Å². The van der Waals surface area contributed by atoms with Gasteiger partial charge in [0.05, 0.1) is 17.8 Å². The first-order valence-electron chi connectivity index (χ1n) is 6.59. The highest BCUT2D eigenvalue weighted by atomic mass is 35.5. The number of rotatable bonds is 3. The van der Waals surface area contributed by atoms with Crippen molar-refractivity contribution in [2.45, 2.75) is 6.54 Å². The summed E-state index contributed by atoms with van der Waals surface area (Å²) in [7, 11) is 1.90. The molecule has 1 N–H and O–H groups in total. The Labute approximate surface area is 127 Å². The smallest absolute Gasteiger partial charge is 0.251 e. The lowest BCUT2D eigenvalue weighted by atomic mass is 10.2. The molecule has 106 valence electrons. The Hall–Kier alpha value is -2.33. The number of fused-ring (bicyclic) bond motifs is 1. The Morgan fingerprint density at radius 3 is 2.67 bits per heavy atom. The van der Waals surface area contributed by atoms with E-state index >= 15 is 0 Å². The SMILES string of the molecule is Cn1nc(CNC(=O)c2ccc(Cl)cc2)c2ccccc21. The Bertz CT molecular complexity index is 793. The fourth-order valence-corrected chi connectivity index (χ4v) is 2.41. The quantitative estimate of drug-likeness (QED) is 0.807. The summed E-state index contributed by atoms with van der Waals surface area (Å²) in [6, 6.07) is 14.8. The average Bonchev–Trinajstić information content (AvgIpc) is 2.83. The van der Waals surface area contributed by atoms with Gasteiger partial charge in [-0.05, 0) is 30.3 Å². The largest absolute Gasteiger partial charge is 0.346 e. The molecular weight excluding hydrogens is 286 g/mol. The summed E-state index contributed by atoms with van der Waals surface area (Å²) in [6.45, 7) is 0.392. The lowest BCUT2D eigenvalue weighted by Crippen LogP contribution is -2.23. The molecule has 1 amide bonds. The lowest BCUT2D eigenvalue weighted by Gasteiger charge is -2.03. The Kier molecular flexibility index (Phi) is 3.62. The molecule has 0 radical (unpaired) electrons. The number of amides is 1. The minimum atomic E-state index is -0.138. The summed E-state index contributed by atoms with van der Waals surface area (Å²) in [4.78, 5) is 12.1. The molecule has 3 aromatic rings. The van der Waals surface area contributed by atoms with Gasteiger partial charge in [0.15, 0.2) is 0 Å². The number of carbonyl (C=O) groups is 1. The average molecular weight is 300 g/mol.